The maximum Gasteiger partial charge on any atom is 0.358 e. The molecule has 0 fully saturated rings. The van der Waals surface area contributed by atoms with Crippen LogP contribution in [0, 0.1) is 6.92 Å². The third kappa shape index (κ3) is 3.85. The zero-order chi connectivity index (χ0) is 20.6. The van der Waals surface area contributed by atoms with Gasteiger partial charge in [-0.15, -0.1) is 0 Å². The van der Waals surface area contributed by atoms with Crippen molar-refractivity contribution in [2.75, 3.05) is 18.6 Å². The van der Waals surface area contributed by atoms with Gasteiger partial charge in [-0.05, 0) is 46.8 Å². The molecule has 8 nitrogen and oxygen atoms in total. The Labute approximate surface area is 164 Å². The third-order valence-corrected chi connectivity index (χ3v) is 4.54. The van der Waals surface area contributed by atoms with Gasteiger partial charge in [-0.25, -0.2) is 19.6 Å². The highest BCUT2D eigenvalue weighted by molar-refractivity contribution is 5.90. The lowest BCUT2D eigenvalue weighted by atomic mass is 10.1. The first-order valence-electron chi connectivity index (χ1n) is 9.21. The molecule has 3 heterocycles. The van der Waals surface area contributed by atoms with Crippen LogP contribution in [0.3, 0.4) is 0 Å². The molecule has 0 N–H and O–H groups in total. The van der Waals surface area contributed by atoms with Crippen LogP contribution >= 0.6 is 0 Å². The van der Waals surface area contributed by atoms with Crippen molar-refractivity contribution < 1.29 is 19.1 Å². The molecule has 0 saturated carbocycles. The summed E-state index contributed by atoms with van der Waals surface area (Å²) in [5, 5.41) is 0. The molecule has 1 atom stereocenters. The lowest BCUT2D eigenvalue weighted by Crippen LogP contribution is -2.37. The average Bonchev–Trinajstić information content (AvgIpc) is 2.97. The summed E-state index contributed by atoms with van der Waals surface area (Å²) in [7, 11) is 1.35. The van der Waals surface area contributed by atoms with Crippen molar-refractivity contribution >= 4 is 17.8 Å². The predicted octanol–water partition coefficient (Wildman–Crippen LogP) is 2.91. The number of aromatic nitrogens is 3. The summed E-state index contributed by atoms with van der Waals surface area (Å²) in [6.45, 7) is 10.6. The first-order chi connectivity index (χ1) is 13.1. The van der Waals surface area contributed by atoms with Crippen molar-refractivity contribution in [3.05, 3.63) is 41.1 Å². The SMILES string of the molecule is COC(=O)c1nc(C)n2c1CN(c1ccc(C(=O)OC(C)(C)C)cn1)C[C@H]2C. The quantitative estimate of drug-likeness (QED) is 0.750. The number of nitrogens with zero attached hydrogens (tertiary/aromatic N) is 4. The van der Waals surface area contributed by atoms with Gasteiger partial charge in [0.1, 0.15) is 17.2 Å². The van der Waals surface area contributed by atoms with Crippen molar-refractivity contribution in [2.45, 2.75) is 52.8 Å². The third-order valence-electron chi connectivity index (χ3n) is 4.54. The number of ether oxygens (including phenoxy) is 2. The van der Waals surface area contributed by atoms with Crippen LogP contribution in [-0.2, 0) is 16.0 Å². The van der Waals surface area contributed by atoms with Gasteiger partial charge in [0.25, 0.3) is 0 Å². The van der Waals surface area contributed by atoms with Crippen LogP contribution in [0.2, 0.25) is 0 Å². The zero-order valence-electron chi connectivity index (χ0n) is 17.1. The van der Waals surface area contributed by atoms with E-state index in [1.54, 1.807) is 12.1 Å². The molecule has 3 rings (SSSR count). The van der Waals surface area contributed by atoms with Crippen molar-refractivity contribution in [1.29, 1.82) is 0 Å². The average molecular weight is 386 g/mol. The van der Waals surface area contributed by atoms with E-state index in [0.717, 1.165) is 17.3 Å². The van der Waals surface area contributed by atoms with E-state index in [4.69, 9.17) is 9.47 Å². The molecule has 2 aromatic rings. The van der Waals surface area contributed by atoms with E-state index in [9.17, 15) is 9.59 Å². The molecule has 1 aliphatic rings. The Morgan fingerprint density at radius 2 is 1.93 bits per heavy atom. The highest BCUT2D eigenvalue weighted by Gasteiger charge is 2.31. The molecule has 0 aliphatic carbocycles. The summed E-state index contributed by atoms with van der Waals surface area (Å²) in [6.07, 6.45) is 1.52. The van der Waals surface area contributed by atoms with Gasteiger partial charge in [-0.1, -0.05) is 0 Å². The van der Waals surface area contributed by atoms with Gasteiger partial charge in [0.2, 0.25) is 0 Å². The Kier molecular flexibility index (Phi) is 5.14. The van der Waals surface area contributed by atoms with E-state index in [1.807, 2.05) is 27.7 Å². The second-order valence-electron chi connectivity index (χ2n) is 7.95. The lowest BCUT2D eigenvalue weighted by Gasteiger charge is -2.34. The molecule has 150 valence electrons. The van der Waals surface area contributed by atoms with Crippen LogP contribution in [0.5, 0.6) is 0 Å². The Balaban J connectivity index is 1.85. The first kappa shape index (κ1) is 19.9. The number of carbonyl (C=O) groups excluding carboxylic acids is 2. The van der Waals surface area contributed by atoms with Gasteiger partial charge in [0.15, 0.2) is 5.69 Å². The molecule has 8 heteroatoms. The number of aryl methyl sites for hydroxylation is 1. The van der Waals surface area contributed by atoms with Crippen LogP contribution in [0.15, 0.2) is 18.3 Å². The molecule has 0 spiro atoms. The van der Waals surface area contributed by atoms with Crippen LogP contribution in [0.1, 0.15) is 66.1 Å². The largest absolute Gasteiger partial charge is 0.464 e. The first-order valence-corrected chi connectivity index (χ1v) is 9.21. The van der Waals surface area contributed by atoms with Crippen LogP contribution < -0.4 is 4.90 Å². The van der Waals surface area contributed by atoms with Gasteiger partial charge in [0.05, 0.1) is 24.9 Å². The molecule has 0 aromatic carbocycles. The van der Waals surface area contributed by atoms with E-state index in [1.165, 1.54) is 13.3 Å². The summed E-state index contributed by atoms with van der Waals surface area (Å²) in [5.74, 6) is 0.662. The molecule has 0 unspecified atom stereocenters. The molecular formula is C20H26N4O4. The topological polar surface area (TPSA) is 86.6 Å². The van der Waals surface area contributed by atoms with E-state index < -0.39 is 17.5 Å². The van der Waals surface area contributed by atoms with Crippen molar-refractivity contribution in [3.8, 4) is 0 Å². The van der Waals surface area contributed by atoms with E-state index in [-0.39, 0.29) is 6.04 Å². The van der Waals surface area contributed by atoms with Crippen molar-refractivity contribution in [3.63, 3.8) is 0 Å². The highest BCUT2D eigenvalue weighted by atomic mass is 16.6. The van der Waals surface area contributed by atoms with Crippen LogP contribution in [0.25, 0.3) is 0 Å². The van der Waals surface area contributed by atoms with Gasteiger partial charge in [-0.3, -0.25) is 0 Å². The molecular weight excluding hydrogens is 360 g/mol. The fraction of sp³-hybridized carbons (Fsp3) is 0.500. The number of pyridine rings is 1. The molecule has 2 aromatic heterocycles. The maximum absolute atomic E-state index is 12.2. The van der Waals surface area contributed by atoms with Crippen molar-refractivity contribution in [2.24, 2.45) is 0 Å². The van der Waals surface area contributed by atoms with Gasteiger partial charge >= 0.3 is 11.9 Å². The molecule has 1 aliphatic heterocycles. The minimum absolute atomic E-state index is 0.113. The highest BCUT2D eigenvalue weighted by Crippen LogP contribution is 2.29. The molecule has 0 radical (unpaired) electrons. The number of hydrogen-bond acceptors (Lipinski definition) is 7. The fourth-order valence-corrected chi connectivity index (χ4v) is 3.44. The maximum atomic E-state index is 12.2. The number of carbonyl (C=O) groups is 2. The normalized spacial score (nSPS) is 16.5. The number of rotatable bonds is 3. The second-order valence-corrected chi connectivity index (χ2v) is 7.95. The summed E-state index contributed by atoms with van der Waals surface area (Å²) >= 11 is 0. The summed E-state index contributed by atoms with van der Waals surface area (Å²) in [5.41, 5.74) is 0.987. The van der Waals surface area contributed by atoms with Gasteiger partial charge in [0, 0.05) is 18.8 Å². The number of esters is 2. The van der Waals surface area contributed by atoms with E-state index in [2.05, 4.69) is 26.4 Å². The van der Waals surface area contributed by atoms with Crippen LogP contribution in [0.4, 0.5) is 5.82 Å². The summed E-state index contributed by atoms with van der Waals surface area (Å²) in [6, 6.07) is 3.62. The van der Waals surface area contributed by atoms with Crippen molar-refractivity contribution in [1.82, 2.24) is 14.5 Å². The number of imidazole rings is 1. The smallest absolute Gasteiger partial charge is 0.358 e. The van der Waals surface area contributed by atoms with Gasteiger partial charge in [-0.2, -0.15) is 0 Å². The Hall–Kier alpha value is -2.90. The van der Waals surface area contributed by atoms with Crippen LogP contribution in [-0.4, -0.2) is 45.7 Å². The van der Waals surface area contributed by atoms with E-state index in [0.29, 0.717) is 24.3 Å². The molecule has 0 bridgehead atoms. The molecule has 0 amide bonds. The lowest BCUT2D eigenvalue weighted by molar-refractivity contribution is 0.00689. The van der Waals surface area contributed by atoms with E-state index >= 15 is 0 Å². The summed E-state index contributed by atoms with van der Waals surface area (Å²) in [4.78, 5) is 35.2. The number of hydrogen-bond donors (Lipinski definition) is 0. The number of methoxy groups -OCH3 is 1. The molecule has 28 heavy (non-hydrogen) atoms. The predicted molar refractivity (Wildman–Crippen MR) is 103 cm³/mol. The minimum Gasteiger partial charge on any atom is -0.464 e. The standard InChI is InChI=1S/C20H26N4O4/c1-12-10-23(11-15-17(19(26)27-6)22-13(2)24(12)15)16-8-7-14(9-21-16)18(25)28-20(3,4)5/h7-9,12H,10-11H2,1-6H3/t12-/m1/s1. The Morgan fingerprint density at radius 3 is 2.50 bits per heavy atom. The zero-order valence-corrected chi connectivity index (χ0v) is 17.1. The molecule has 0 saturated heterocycles. The Bertz CT molecular complexity index is 896. The number of fused-ring (bicyclic) bond motifs is 1. The monoisotopic (exact) mass is 386 g/mol. The summed E-state index contributed by atoms with van der Waals surface area (Å²) < 4.78 is 12.3. The number of anilines is 1. The minimum atomic E-state index is -0.557. The van der Waals surface area contributed by atoms with Gasteiger partial charge < -0.3 is 18.9 Å². The second kappa shape index (κ2) is 7.26. The Morgan fingerprint density at radius 1 is 1.21 bits per heavy atom. The fourth-order valence-electron chi connectivity index (χ4n) is 3.44.